The van der Waals surface area contributed by atoms with Crippen molar-refractivity contribution in [1.82, 2.24) is 25.4 Å². The quantitative estimate of drug-likeness (QED) is 0.359. The fourth-order valence-corrected chi connectivity index (χ4v) is 2.11. The molecule has 0 aliphatic rings. The van der Waals surface area contributed by atoms with Crippen LogP contribution in [0.15, 0.2) is 35.3 Å². The van der Waals surface area contributed by atoms with E-state index in [0.29, 0.717) is 16.1 Å². The number of aromatic amines is 1. The summed E-state index contributed by atoms with van der Waals surface area (Å²) in [5, 5.41) is 10.9. The van der Waals surface area contributed by atoms with Crippen LogP contribution >= 0.6 is 11.6 Å². The summed E-state index contributed by atoms with van der Waals surface area (Å²) < 4.78 is 1.40. The van der Waals surface area contributed by atoms with Gasteiger partial charge in [-0.1, -0.05) is 11.6 Å². The van der Waals surface area contributed by atoms with Crippen molar-refractivity contribution in [3.63, 3.8) is 0 Å². The molecule has 0 aliphatic carbocycles. The highest BCUT2D eigenvalue weighted by Crippen LogP contribution is 2.18. The van der Waals surface area contributed by atoms with E-state index in [1.807, 2.05) is 5.43 Å². The number of nitrogens with one attached hydrogen (secondary N) is 2. The molecule has 9 heteroatoms. The zero-order chi connectivity index (χ0) is 15.0. The van der Waals surface area contributed by atoms with Crippen LogP contribution < -0.4 is 16.8 Å². The van der Waals surface area contributed by atoms with Gasteiger partial charge in [0.15, 0.2) is 5.69 Å². The summed E-state index contributed by atoms with van der Waals surface area (Å²) in [4.78, 5) is 23.7. The smallest absolute Gasteiger partial charge is 0.289 e. The zero-order valence-corrected chi connectivity index (χ0v) is 11.3. The molecule has 0 spiro atoms. The van der Waals surface area contributed by atoms with Crippen LogP contribution in [0.25, 0.3) is 16.6 Å². The number of nitrogens with zero attached hydrogens (tertiary/aromatic N) is 3. The highest BCUT2D eigenvalue weighted by molar-refractivity contribution is 6.30. The SMILES string of the molecule is NNC(=O)c1n[nH]c(=O)c2c1cnn2-c1ccc(Cl)cc1. The molecule has 3 rings (SSSR count). The number of aromatic nitrogens is 4. The molecule has 0 bridgehead atoms. The number of rotatable bonds is 2. The maximum Gasteiger partial charge on any atom is 0.290 e. The molecule has 106 valence electrons. The van der Waals surface area contributed by atoms with E-state index in [2.05, 4.69) is 15.3 Å². The zero-order valence-electron chi connectivity index (χ0n) is 10.5. The lowest BCUT2D eigenvalue weighted by molar-refractivity contribution is 0.0949. The lowest BCUT2D eigenvalue weighted by Gasteiger charge is -2.04. The summed E-state index contributed by atoms with van der Waals surface area (Å²) in [6, 6.07) is 6.76. The monoisotopic (exact) mass is 304 g/mol. The highest BCUT2D eigenvalue weighted by Gasteiger charge is 2.18. The van der Waals surface area contributed by atoms with Crippen molar-refractivity contribution >= 4 is 28.4 Å². The summed E-state index contributed by atoms with van der Waals surface area (Å²) in [7, 11) is 0. The molecule has 2 heterocycles. The van der Waals surface area contributed by atoms with Crippen LogP contribution in [0.5, 0.6) is 0 Å². The molecule has 3 aromatic rings. The van der Waals surface area contributed by atoms with Gasteiger partial charge in [-0.2, -0.15) is 10.2 Å². The van der Waals surface area contributed by atoms with Crippen molar-refractivity contribution in [2.75, 3.05) is 0 Å². The molecule has 8 nitrogen and oxygen atoms in total. The molecule has 0 fully saturated rings. The van der Waals surface area contributed by atoms with Gasteiger partial charge in [0.2, 0.25) is 0 Å². The Morgan fingerprint density at radius 3 is 2.71 bits per heavy atom. The Kier molecular flexibility index (Phi) is 3.16. The van der Waals surface area contributed by atoms with Crippen LogP contribution in [0.2, 0.25) is 5.02 Å². The Balaban J connectivity index is 2.29. The van der Waals surface area contributed by atoms with E-state index in [9.17, 15) is 9.59 Å². The van der Waals surface area contributed by atoms with Gasteiger partial charge in [-0.25, -0.2) is 15.6 Å². The number of carbonyl (C=O) groups excluding carboxylic acids is 1. The fourth-order valence-electron chi connectivity index (χ4n) is 1.98. The van der Waals surface area contributed by atoms with E-state index in [1.54, 1.807) is 24.3 Å². The van der Waals surface area contributed by atoms with E-state index >= 15 is 0 Å². The molecule has 1 amide bonds. The predicted molar refractivity (Wildman–Crippen MR) is 76.1 cm³/mol. The lowest BCUT2D eigenvalue weighted by Crippen LogP contribution is -2.32. The van der Waals surface area contributed by atoms with Gasteiger partial charge in [-0.05, 0) is 24.3 Å². The number of amides is 1. The number of halogens is 1. The van der Waals surface area contributed by atoms with Crippen molar-refractivity contribution in [1.29, 1.82) is 0 Å². The normalized spacial score (nSPS) is 10.8. The molecule has 0 unspecified atom stereocenters. The van der Waals surface area contributed by atoms with Crippen LogP contribution in [-0.2, 0) is 0 Å². The minimum atomic E-state index is -0.619. The van der Waals surface area contributed by atoms with Gasteiger partial charge in [0.1, 0.15) is 5.52 Å². The number of hydrazine groups is 1. The van der Waals surface area contributed by atoms with Gasteiger partial charge < -0.3 is 0 Å². The Hall–Kier alpha value is -2.71. The predicted octanol–water partition coefficient (Wildman–Crippen LogP) is 0.366. The second kappa shape index (κ2) is 5.00. The van der Waals surface area contributed by atoms with E-state index < -0.39 is 11.5 Å². The number of hydrogen-bond acceptors (Lipinski definition) is 5. The first kappa shape index (κ1) is 13.3. The summed E-state index contributed by atoms with van der Waals surface area (Å²) in [5.41, 5.74) is 2.33. The maximum absolute atomic E-state index is 12.0. The summed E-state index contributed by atoms with van der Waals surface area (Å²) in [5.74, 6) is 4.48. The highest BCUT2D eigenvalue weighted by atomic mass is 35.5. The Morgan fingerprint density at radius 1 is 1.33 bits per heavy atom. The van der Waals surface area contributed by atoms with Crippen LogP contribution in [0.4, 0.5) is 0 Å². The molecule has 0 atom stereocenters. The van der Waals surface area contributed by atoms with Gasteiger partial charge in [-0.15, -0.1) is 0 Å². The summed E-state index contributed by atoms with van der Waals surface area (Å²) in [6.07, 6.45) is 1.39. The molecule has 1 aromatic carbocycles. The molecular formula is C12H9ClN6O2. The van der Waals surface area contributed by atoms with E-state index in [4.69, 9.17) is 17.4 Å². The third-order valence-corrected chi connectivity index (χ3v) is 3.18. The Bertz CT molecular complexity index is 883. The molecular weight excluding hydrogens is 296 g/mol. The van der Waals surface area contributed by atoms with Gasteiger partial charge in [0, 0.05) is 5.02 Å². The largest absolute Gasteiger partial charge is 0.290 e. The number of benzene rings is 1. The Labute approximate surface area is 122 Å². The average molecular weight is 305 g/mol. The van der Waals surface area contributed by atoms with Crippen LogP contribution in [-0.4, -0.2) is 25.9 Å². The molecule has 0 saturated heterocycles. The molecule has 21 heavy (non-hydrogen) atoms. The topological polar surface area (TPSA) is 119 Å². The number of carbonyl (C=O) groups is 1. The number of hydrogen-bond donors (Lipinski definition) is 3. The van der Waals surface area contributed by atoms with Crippen molar-refractivity contribution in [2.24, 2.45) is 5.84 Å². The third-order valence-electron chi connectivity index (χ3n) is 2.93. The van der Waals surface area contributed by atoms with Crippen LogP contribution in [0, 0.1) is 0 Å². The average Bonchev–Trinajstić information content (AvgIpc) is 2.93. The lowest BCUT2D eigenvalue weighted by atomic mass is 10.2. The standard InChI is InChI=1S/C12H9ClN6O2/c13-6-1-3-7(4-2-6)19-10-8(5-15-19)9(11(20)16-14)17-18-12(10)21/h1-5H,14H2,(H,16,20)(H,18,21). The molecule has 2 aromatic heterocycles. The summed E-state index contributed by atoms with van der Waals surface area (Å²) in [6.45, 7) is 0. The van der Waals surface area contributed by atoms with Gasteiger partial charge in [0.05, 0.1) is 17.3 Å². The van der Waals surface area contributed by atoms with Crippen molar-refractivity contribution in [3.8, 4) is 5.69 Å². The fraction of sp³-hybridized carbons (Fsp3) is 0. The summed E-state index contributed by atoms with van der Waals surface area (Å²) >= 11 is 5.83. The minimum absolute atomic E-state index is 0.00712. The first-order valence-electron chi connectivity index (χ1n) is 5.85. The first-order chi connectivity index (χ1) is 10.1. The second-order valence-corrected chi connectivity index (χ2v) is 4.61. The second-order valence-electron chi connectivity index (χ2n) is 4.17. The first-order valence-corrected chi connectivity index (χ1v) is 6.23. The Morgan fingerprint density at radius 2 is 2.05 bits per heavy atom. The molecule has 0 saturated carbocycles. The van der Waals surface area contributed by atoms with Gasteiger partial charge in [-0.3, -0.25) is 15.0 Å². The van der Waals surface area contributed by atoms with Crippen LogP contribution in [0.1, 0.15) is 10.5 Å². The number of nitrogens with two attached hydrogens (primary N) is 1. The maximum atomic E-state index is 12.0. The van der Waals surface area contributed by atoms with Crippen LogP contribution in [0.3, 0.4) is 0 Å². The van der Waals surface area contributed by atoms with Crippen molar-refractivity contribution in [2.45, 2.75) is 0 Å². The molecule has 0 aliphatic heterocycles. The van der Waals surface area contributed by atoms with Crippen molar-refractivity contribution < 1.29 is 4.79 Å². The van der Waals surface area contributed by atoms with Crippen molar-refractivity contribution in [3.05, 3.63) is 51.5 Å². The van der Waals surface area contributed by atoms with E-state index in [-0.39, 0.29) is 11.2 Å². The van der Waals surface area contributed by atoms with E-state index in [1.165, 1.54) is 10.9 Å². The minimum Gasteiger partial charge on any atom is -0.289 e. The third kappa shape index (κ3) is 2.16. The number of fused-ring (bicyclic) bond motifs is 1. The molecule has 4 N–H and O–H groups in total. The van der Waals surface area contributed by atoms with Gasteiger partial charge >= 0.3 is 0 Å². The number of nitrogen functional groups attached to an aromatic ring is 1. The van der Waals surface area contributed by atoms with E-state index in [0.717, 1.165) is 0 Å². The van der Waals surface area contributed by atoms with Gasteiger partial charge in [0.25, 0.3) is 11.5 Å². The number of H-pyrrole nitrogens is 1. The molecule has 0 radical (unpaired) electrons.